The third-order valence-electron chi connectivity index (χ3n) is 5.77. The number of carbonyl (C=O) groups is 2. The highest BCUT2D eigenvalue weighted by Gasteiger charge is 2.36. The maximum absolute atomic E-state index is 12.7. The molecule has 1 atom stereocenters. The maximum Gasteiger partial charge on any atom is 0.321 e. The van der Waals surface area contributed by atoms with Gasteiger partial charge in [-0.25, -0.2) is 4.79 Å². The van der Waals surface area contributed by atoms with E-state index in [-0.39, 0.29) is 17.9 Å². The number of likely N-dealkylation sites (tertiary alicyclic amines) is 1. The molecule has 0 radical (unpaired) electrons. The van der Waals surface area contributed by atoms with Crippen LogP contribution in [0, 0.1) is 5.92 Å². The first kappa shape index (κ1) is 17.8. The van der Waals surface area contributed by atoms with Gasteiger partial charge in [0.25, 0.3) is 0 Å². The van der Waals surface area contributed by atoms with E-state index in [1.165, 1.54) is 12.8 Å². The van der Waals surface area contributed by atoms with Crippen molar-refractivity contribution in [2.75, 3.05) is 25.5 Å². The van der Waals surface area contributed by atoms with Crippen LogP contribution in [0.5, 0.6) is 0 Å². The van der Waals surface area contributed by atoms with Crippen molar-refractivity contribution in [3.05, 3.63) is 36.5 Å². The molecule has 142 valence electrons. The van der Waals surface area contributed by atoms with Crippen LogP contribution < -0.4 is 5.32 Å². The first-order valence-electron chi connectivity index (χ1n) is 9.77. The predicted octanol–water partition coefficient (Wildman–Crippen LogP) is 3.49. The average molecular weight is 366 g/mol. The van der Waals surface area contributed by atoms with Crippen LogP contribution in [0.4, 0.5) is 10.5 Å². The van der Waals surface area contributed by atoms with Crippen molar-refractivity contribution in [1.82, 2.24) is 14.8 Å². The van der Waals surface area contributed by atoms with E-state index in [0.717, 1.165) is 36.0 Å². The molecule has 27 heavy (non-hydrogen) atoms. The van der Waals surface area contributed by atoms with Gasteiger partial charge in [-0.2, -0.15) is 0 Å². The van der Waals surface area contributed by atoms with Crippen molar-refractivity contribution in [2.24, 2.45) is 5.92 Å². The molecule has 2 aliphatic rings. The van der Waals surface area contributed by atoms with Gasteiger partial charge in [-0.15, -0.1) is 0 Å². The molecule has 0 unspecified atom stereocenters. The van der Waals surface area contributed by atoms with E-state index in [9.17, 15) is 9.59 Å². The van der Waals surface area contributed by atoms with Gasteiger partial charge in [-0.3, -0.25) is 9.78 Å². The number of benzene rings is 1. The second-order valence-electron chi connectivity index (χ2n) is 7.74. The number of carbonyl (C=O) groups excluding carboxylic acids is 2. The number of nitrogens with one attached hydrogen (secondary N) is 1. The average Bonchev–Trinajstić information content (AvgIpc) is 3.31. The van der Waals surface area contributed by atoms with Gasteiger partial charge < -0.3 is 15.1 Å². The van der Waals surface area contributed by atoms with Crippen LogP contribution in [-0.4, -0.2) is 52.9 Å². The van der Waals surface area contributed by atoms with Crippen LogP contribution in [0.2, 0.25) is 0 Å². The number of anilines is 1. The maximum atomic E-state index is 12.7. The lowest BCUT2D eigenvalue weighted by molar-refractivity contribution is -0.129. The Kier molecular flexibility index (Phi) is 4.97. The van der Waals surface area contributed by atoms with Crippen molar-refractivity contribution in [2.45, 2.75) is 38.1 Å². The SMILES string of the molecule is CN(C[C@@H]1CC(=O)N(C2CCCC2)C1)C(=O)Nc1cccc2ncccc12. The first-order valence-corrected chi connectivity index (χ1v) is 9.77. The smallest absolute Gasteiger partial charge is 0.321 e. The van der Waals surface area contributed by atoms with Crippen molar-refractivity contribution < 1.29 is 9.59 Å². The summed E-state index contributed by atoms with van der Waals surface area (Å²) < 4.78 is 0. The minimum atomic E-state index is -0.155. The molecular weight excluding hydrogens is 340 g/mol. The number of pyridine rings is 1. The first-order chi connectivity index (χ1) is 13.1. The molecule has 0 spiro atoms. The van der Waals surface area contributed by atoms with Gasteiger partial charge >= 0.3 is 6.03 Å². The number of rotatable bonds is 4. The van der Waals surface area contributed by atoms with Crippen LogP contribution in [0.15, 0.2) is 36.5 Å². The molecule has 2 aromatic rings. The molecule has 1 aromatic carbocycles. The Balaban J connectivity index is 1.37. The van der Waals surface area contributed by atoms with E-state index in [1.807, 2.05) is 30.3 Å². The number of nitrogens with zero attached hydrogens (tertiary/aromatic N) is 3. The Labute approximate surface area is 159 Å². The van der Waals surface area contributed by atoms with Crippen LogP contribution in [0.1, 0.15) is 32.1 Å². The molecule has 6 nitrogen and oxygen atoms in total. The minimum absolute atomic E-state index is 0.155. The third kappa shape index (κ3) is 3.75. The van der Waals surface area contributed by atoms with E-state index < -0.39 is 0 Å². The fraction of sp³-hybridized carbons (Fsp3) is 0.476. The summed E-state index contributed by atoms with van der Waals surface area (Å²) in [5.74, 6) is 0.462. The van der Waals surface area contributed by atoms with Crippen LogP contribution >= 0.6 is 0 Å². The Morgan fingerprint density at radius 2 is 2.07 bits per heavy atom. The van der Waals surface area contributed by atoms with E-state index in [4.69, 9.17) is 0 Å². The zero-order valence-electron chi connectivity index (χ0n) is 15.7. The standard InChI is InChI=1S/C21H26N4O2/c1-24(13-15-12-20(26)25(14-15)16-6-2-3-7-16)21(27)23-19-10-4-9-18-17(19)8-5-11-22-18/h4-5,8-11,15-16H,2-3,6-7,12-14H2,1H3,(H,23,27)/t15-/m0/s1. The summed E-state index contributed by atoms with van der Waals surface area (Å²) in [6.07, 6.45) is 7.00. The molecule has 1 aliphatic heterocycles. The quantitative estimate of drug-likeness (QED) is 0.901. The molecule has 2 fully saturated rings. The lowest BCUT2D eigenvalue weighted by Crippen LogP contribution is -2.37. The summed E-state index contributed by atoms with van der Waals surface area (Å²) in [6, 6.07) is 9.78. The van der Waals surface area contributed by atoms with E-state index in [2.05, 4.69) is 15.2 Å². The molecule has 1 saturated heterocycles. The highest BCUT2D eigenvalue weighted by atomic mass is 16.2. The second kappa shape index (κ2) is 7.55. The van der Waals surface area contributed by atoms with Gasteiger partial charge in [0.2, 0.25) is 5.91 Å². The monoisotopic (exact) mass is 366 g/mol. The number of hydrogen-bond acceptors (Lipinski definition) is 3. The molecule has 3 amide bonds. The van der Waals surface area contributed by atoms with Crippen LogP contribution in [0.25, 0.3) is 10.9 Å². The molecule has 1 aromatic heterocycles. The fourth-order valence-electron chi connectivity index (χ4n) is 4.39. The lowest BCUT2D eigenvalue weighted by Gasteiger charge is -2.25. The van der Waals surface area contributed by atoms with Gasteiger partial charge in [-0.05, 0) is 37.1 Å². The van der Waals surface area contributed by atoms with Crippen molar-refractivity contribution in [3.8, 4) is 0 Å². The summed E-state index contributed by atoms with van der Waals surface area (Å²) in [6.45, 7) is 1.36. The van der Waals surface area contributed by atoms with Crippen molar-refractivity contribution in [3.63, 3.8) is 0 Å². The van der Waals surface area contributed by atoms with E-state index in [1.54, 1.807) is 18.1 Å². The Morgan fingerprint density at radius 1 is 1.26 bits per heavy atom. The topological polar surface area (TPSA) is 65.5 Å². The Hall–Kier alpha value is -2.63. The molecule has 4 rings (SSSR count). The normalized spacial score (nSPS) is 20.4. The minimum Gasteiger partial charge on any atom is -0.339 e. The number of amides is 3. The number of fused-ring (bicyclic) bond motifs is 1. The number of hydrogen-bond donors (Lipinski definition) is 1. The van der Waals surface area contributed by atoms with Gasteiger partial charge in [0, 0.05) is 50.1 Å². The summed E-state index contributed by atoms with van der Waals surface area (Å²) in [4.78, 5) is 33.1. The summed E-state index contributed by atoms with van der Waals surface area (Å²) in [5.41, 5.74) is 1.61. The highest BCUT2D eigenvalue weighted by molar-refractivity contribution is 6.00. The largest absolute Gasteiger partial charge is 0.339 e. The molecule has 6 heteroatoms. The number of aromatic nitrogens is 1. The lowest BCUT2D eigenvalue weighted by atomic mass is 10.1. The van der Waals surface area contributed by atoms with Crippen LogP contribution in [0.3, 0.4) is 0 Å². The summed E-state index contributed by atoms with van der Waals surface area (Å²) in [7, 11) is 1.79. The van der Waals surface area contributed by atoms with E-state index in [0.29, 0.717) is 19.0 Å². The Morgan fingerprint density at radius 3 is 2.89 bits per heavy atom. The van der Waals surface area contributed by atoms with E-state index >= 15 is 0 Å². The van der Waals surface area contributed by atoms with Crippen molar-refractivity contribution in [1.29, 1.82) is 0 Å². The zero-order valence-corrected chi connectivity index (χ0v) is 15.7. The van der Waals surface area contributed by atoms with Crippen LogP contribution in [-0.2, 0) is 4.79 Å². The molecule has 1 aliphatic carbocycles. The molecule has 2 heterocycles. The molecular formula is C21H26N4O2. The molecule has 1 N–H and O–H groups in total. The third-order valence-corrected chi connectivity index (χ3v) is 5.77. The number of urea groups is 1. The molecule has 0 bridgehead atoms. The van der Waals surface area contributed by atoms with Gasteiger partial charge in [0.15, 0.2) is 0 Å². The predicted molar refractivity (Wildman–Crippen MR) is 105 cm³/mol. The zero-order chi connectivity index (χ0) is 18.8. The summed E-state index contributed by atoms with van der Waals surface area (Å²) in [5, 5.41) is 3.91. The highest BCUT2D eigenvalue weighted by Crippen LogP contribution is 2.30. The second-order valence-corrected chi connectivity index (χ2v) is 7.74. The Bertz CT molecular complexity index is 842. The fourth-order valence-corrected chi connectivity index (χ4v) is 4.39. The van der Waals surface area contributed by atoms with Gasteiger partial charge in [0.1, 0.15) is 0 Å². The van der Waals surface area contributed by atoms with Gasteiger partial charge in [0.05, 0.1) is 11.2 Å². The summed E-state index contributed by atoms with van der Waals surface area (Å²) >= 11 is 0. The van der Waals surface area contributed by atoms with Crippen molar-refractivity contribution >= 4 is 28.5 Å². The molecule has 1 saturated carbocycles. The van der Waals surface area contributed by atoms with Gasteiger partial charge in [-0.1, -0.05) is 18.9 Å².